The van der Waals surface area contributed by atoms with Gasteiger partial charge in [0.15, 0.2) is 5.78 Å². The molecule has 0 aromatic heterocycles. The molecule has 1 unspecified atom stereocenters. The fourth-order valence-corrected chi connectivity index (χ4v) is 1.32. The van der Waals surface area contributed by atoms with Gasteiger partial charge in [-0.1, -0.05) is 26.0 Å². The molecule has 0 aliphatic carbocycles. The number of alkyl halides is 3. The molecule has 1 atom stereocenters. The summed E-state index contributed by atoms with van der Waals surface area (Å²) in [4.78, 5) is 11.6. The first kappa shape index (κ1) is 13.7. The second-order valence-electron chi connectivity index (χ2n) is 4.13. The molecular formula is C12H13F3O2. The summed E-state index contributed by atoms with van der Waals surface area (Å²) in [7, 11) is 0. The molecule has 0 heterocycles. The summed E-state index contributed by atoms with van der Waals surface area (Å²) in [6.45, 7) is 3.24. The Bertz CT molecular complexity index is 410. The van der Waals surface area contributed by atoms with Crippen LogP contribution in [-0.2, 0) is 6.18 Å². The maximum atomic E-state index is 12.4. The van der Waals surface area contributed by atoms with E-state index in [0.717, 1.165) is 18.2 Å². The summed E-state index contributed by atoms with van der Waals surface area (Å²) in [5, 5.41) is 9.51. The van der Waals surface area contributed by atoms with Crippen LogP contribution in [0.4, 0.5) is 13.2 Å². The van der Waals surface area contributed by atoms with Crippen LogP contribution in [0.1, 0.15) is 29.8 Å². The highest BCUT2D eigenvalue weighted by molar-refractivity contribution is 5.99. The number of aliphatic hydroxyl groups is 1. The third kappa shape index (κ3) is 3.30. The number of hydrogen-bond acceptors (Lipinski definition) is 2. The molecule has 5 heteroatoms. The van der Waals surface area contributed by atoms with Crippen LogP contribution >= 0.6 is 0 Å². The Labute approximate surface area is 97.1 Å². The molecule has 1 rings (SSSR count). The topological polar surface area (TPSA) is 37.3 Å². The lowest BCUT2D eigenvalue weighted by molar-refractivity contribution is -0.137. The molecule has 0 saturated heterocycles. The number of halogens is 3. The normalized spacial score (nSPS) is 13.8. The molecule has 0 radical (unpaired) electrons. The SMILES string of the molecule is CC(C)C(O)C(=O)c1cccc(C(F)(F)F)c1. The van der Waals surface area contributed by atoms with Gasteiger partial charge in [-0.05, 0) is 18.1 Å². The minimum atomic E-state index is -4.49. The predicted molar refractivity (Wildman–Crippen MR) is 56.6 cm³/mol. The van der Waals surface area contributed by atoms with Gasteiger partial charge in [0.1, 0.15) is 6.10 Å². The summed E-state index contributed by atoms with van der Waals surface area (Å²) < 4.78 is 37.3. The molecule has 0 aliphatic rings. The highest BCUT2D eigenvalue weighted by atomic mass is 19.4. The van der Waals surface area contributed by atoms with Crippen molar-refractivity contribution in [1.29, 1.82) is 0 Å². The molecule has 17 heavy (non-hydrogen) atoms. The number of Topliss-reactive ketones (excluding diaryl/α,β-unsaturated/α-hetero) is 1. The third-order valence-corrected chi connectivity index (χ3v) is 2.37. The molecule has 0 saturated carbocycles. The molecule has 2 nitrogen and oxygen atoms in total. The highest BCUT2D eigenvalue weighted by Crippen LogP contribution is 2.29. The fraction of sp³-hybridized carbons (Fsp3) is 0.417. The van der Waals surface area contributed by atoms with Gasteiger partial charge in [0.05, 0.1) is 5.56 Å². The number of carbonyl (C=O) groups is 1. The number of hydrogen-bond donors (Lipinski definition) is 1. The zero-order valence-electron chi connectivity index (χ0n) is 9.45. The van der Waals surface area contributed by atoms with E-state index in [4.69, 9.17) is 0 Å². The minimum Gasteiger partial charge on any atom is -0.385 e. The van der Waals surface area contributed by atoms with Gasteiger partial charge < -0.3 is 5.11 Å². The first-order valence-corrected chi connectivity index (χ1v) is 5.13. The van der Waals surface area contributed by atoms with Gasteiger partial charge in [0.25, 0.3) is 0 Å². The second kappa shape index (κ2) is 4.87. The van der Waals surface area contributed by atoms with Crippen molar-refractivity contribution in [1.82, 2.24) is 0 Å². The average molecular weight is 246 g/mol. The number of benzene rings is 1. The average Bonchev–Trinajstić information content (AvgIpc) is 2.26. The molecule has 94 valence electrons. The van der Waals surface area contributed by atoms with Crippen LogP contribution in [-0.4, -0.2) is 17.0 Å². The number of ketones is 1. The zero-order valence-corrected chi connectivity index (χ0v) is 9.45. The van der Waals surface area contributed by atoms with Crippen LogP contribution in [0.3, 0.4) is 0 Å². The van der Waals surface area contributed by atoms with E-state index in [1.54, 1.807) is 13.8 Å². The summed E-state index contributed by atoms with van der Waals surface area (Å²) in [6.07, 6.45) is -5.77. The van der Waals surface area contributed by atoms with Gasteiger partial charge in [-0.15, -0.1) is 0 Å². The quantitative estimate of drug-likeness (QED) is 0.832. The van der Waals surface area contributed by atoms with E-state index in [1.807, 2.05) is 0 Å². The van der Waals surface area contributed by atoms with Crippen molar-refractivity contribution in [2.24, 2.45) is 5.92 Å². The highest BCUT2D eigenvalue weighted by Gasteiger charge is 2.31. The van der Waals surface area contributed by atoms with E-state index in [9.17, 15) is 23.1 Å². The molecular weight excluding hydrogens is 233 g/mol. The molecule has 1 aromatic rings. The lowest BCUT2D eigenvalue weighted by atomic mass is 9.97. The molecule has 0 bridgehead atoms. The van der Waals surface area contributed by atoms with E-state index in [-0.39, 0.29) is 11.5 Å². The molecule has 0 fully saturated rings. The van der Waals surface area contributed by atoms with Gasteiger partial charge in [-0.25, -0.2) is 0 Å². The third-order valence-electron chi connectivity index (χ3n) is 2.37. The molecule has 1 N–H and O–H groups in total. The van der Waals surface area contributed by atoms with Gasteiger partial charge >= 0.3 is 6.18 Å². The van der Waals surface area contributed by atoms with Crippen molar-refractivity contribution in [3.05, 3.63) is 35.4 Å². The van der Waals surface area contributed by atoms with E-state index in [1.165, 1.54) is 6.07 Å². The van der Waals surface area contributed by atoms with Crippen LogP contribution in [0, 0.1) is 5.92 Å². The Balaban J connectivity index is 3.04. The standard InChI is InChI=1S/C12H13F3O2/c1-7(2)10(16)11(17)8-4-3-5-9(6-8)12(13,14)15/h3-7,10,16H,1-2H3. The maximum absolute atomic E-state index is 12.4. The zero-order chi connectivity index (χ0) is 13.2. The Hall–Kier alpha value is -1.36. The lowest BCUT2D eigenvalue weighted by Gasteiger charge is -2.14. The van der Waals surface area contributed by atoms with Gasteiger partial charge in [-0.3, -0.25) is 4.79 Å². The summed E-state index contributed by atoms with van der Waals surface area (Å²) in [6, 6.07) is 4.07. The van der Waals surface area contributed by atoms with E-state index < -0.39 is 23.6 Å². The van der Waals surface area contributed by atoms with Crippen LogP contribution in [0.15, 0.2) is 24.3 Å². The largest absolute Gasteiger partial charge is 0.416 e. The molecule has 0 aliphatic heterocycles. The Morgan fingerprint density at radius 3 is 2.35 bits per heavy atom. The Kier molecular flexibility index (Phi) is 3.93. The van der Waals surface area contributed by atoms with Crippen molar-refractivity contribution in [2.45, 2.75) is 26.1 Å². The second-order valence-corrected chi connectivity index (χ2v) is 4.13. The van der Waals surface area contributed by atoms with Crippen molar-refractivity contribution in [3.63, 3.8) is 0 Å². The number of aliphatic hydroxyl groups excluding tert-OH is 1. The monoisotopic (exact) mass is 246 g/mol. The van der Waals surface area contributed by atoms with Gasteiger partial charge in [0.2, 0.25) is 0 Å². The Morgan fingerprint density at radius 2 is 1.88 bits per heavy atom. The van der Waals surface area contributed by atoms with Crippen LogP contribution in [0.25, 0.3) is 0 Å². The van der Waals surface area contributed by atoms with Crippen molar-refractivity contribution < 1.29 is 23.1 Å². The van der Waals surface area contributed by atoms with Gasteiger partial charge in [0, 0.05) is 5.56 Å². The number of rotatable bonds is 3. The molecule has 0 spiro atoms. The van der Waals surface area contributed by atoms with Crippen molar-refractivity contribution in [2.75, 3.05) is 0 Å². The van der Waals surface area contributed by atoms with Crippen LogP contribution in [0.2, 0.25) is 0 Å². The van der Waals surface area contributed by atoms with E-state index >= 15 is 0 Å². The number of carbonyl (C=O) groups excluding carboxylic acids is 1. The fourth-order valence-electron chi connectivity index (χ4n) is 1.32. The molecule has 0 amide bonds. The molecule has 1 aromatic carbocycles. The smallest absolute Gasteiger partial charge is 0.385 e. The lowest BCUT2D eigenvalue weighted by Crippen LogP contribution is -2.26. The summed E-state index contributed by atoms with van der Waals surface area (Å²) in [5.41, 5.74) is -1.01. The maximum Gasteiger partial charge on any atom is 0.416 e. The van der Waals surface area contributed by atoms with Crippen LogP contribution < -0.4 is 0 Å². The van der Waals surface area contributed by atoms with Crippen molar-refractivity contribution >= 4 is 5.78 Å². The van der Waals surface area contributed by atoms with Crippen molar-refractivity contribution in [3.8, 4) is 0 Å². The summed E-state index contributed by atoms with van der Waals surface area (Å²) >= 11 is 0. The minimum absolute atomic E-state index is 0.124. The predicted octanol–water partition coefficient (Wildman–Crippen LogP) is 2.91. The summed E-state index contributed by atoms with van der Waals surface area (Å²) in [5.74, 6) is -1.02. The van der Waals surface area contributed by atoms with Gasteiger partial charge in [-0.2, -0.15) is 13.2 Å². The van der Waals surface area contributed by atoms with E-state index in [2.05, 4.69) is 0 Å². The first-order chi connectivity index (χ1) is 7.73. The first-order valence-electron chi connectivity index (χ1n) is 5.13. The van der Waals surface area contributed by atoms with Crippen LogP contribution in [0.5, 0.6) is 0 Å². The van der Waals surface area contributed by atoms with E-state index in [0.29, 0.717) is 0 Å². The Morgan fingerprint density at radius 1 is 1.29 bits per heavy atom.